The van der Waals surface area contributed by atoms with Crippen molar-refractivity contribution in [2.24, 2.45) is 0 Å². The summed E-state index contributed by atoms with van der Waals surface area (Å²) in [6.07, 6.45) is 2.28. The Hall–Kier alpha value is -2.78. The average molecular weight is 423 g/mol. The predicted molar refractivity (Wildman–Crippen MR) is 120 cm³/mol. The Morgan fingerprint density at radius 2 is 1.65 bits per heavy atom. The van der Waals surface area contributed by atoms with E-state index >= 15 is 0 Å². The Balaban J connectivity index is 1.28. The molecule has 31 heavy (non-hydrogen) atoms. The van der Waals surface area contributed by atoms with Gasteiger partial charge in [0.25, 0.3) is 0 Å². The predicted octanol–water partition coefficient (Wildman–Crippen LogP) is 2.23. The van der Waals surface area contributed by atoms with E-state index in [1.54, 1.807) is 0 Å². The summed E-state index contributed by atoms with van der Waals surface area (Å²) < 4.78 is 4.86. The highest BCUT2D eigenvalue weighted by Crippen LogP contribution is 2.28. The second kappa shape index (κ2) is 9.15. The number of hydrogen-bond acceptors (Lipinski definition) is 9. The number of aromatic nitrogens is 4. The Morgan fingerprint density at radius 3 is 2.35 bits per heavy atom. The average Bonchev–Trinajstić information content (AvgIpc) is 3.30. The van der Waals surface area contributed by atoms with E-state index in [1.807, 2.05) is 18.2 Å². The van der Waals surface area contributed by atoms with Crippen molar-refractivity contribution in [2.45, 2.75) is 32.4 Å². The van der Waals surface area contributed by atoms with Gasteiger partial charge in [-0.2, -0.15) is 0 Å². The minimum absolute atomic E-state index is 0.433. The van der Waals surface area contributed by atoms with Crippen molar-refractivity contribution in [2.75, 3.05) is 56.0 Å². The number of likely N-dealkylation sites (N-methyl/N-ethyl adjacent to an activating group) is 1. The molecule has 0 aliphatic carbocycles. The fourth-order valence-electron chi connectivity index (χ4n) is 4.64. The van der Waals surface area contributed by atoms with Crippen molar-refractivity contribution in [3.05, 3.63) is 35.9 Å². The molecule has 164 valence electrons. The highest BCUT2D eigenvalue weighted by molar-refractivity contribution is 5.74. The quantitative estimate of drug-likeness (QED) is 0.642. The van der Waals surface area contributed by atoms with Gasteiger partial charge in [-0.1, -0.05) is 37.3 Å². The van der Waals surface area contributed by atoms with Crippen molar-refractivity contribution in [1.29, 1.82) is 0 Å². The molecule has 2 aliphatic heterocycles. The first kappa shape index (κ1) is 20.1. The lowest BCUT2D eigenvalue weighted by Gasteiger charge is -2.43. The zero-order valence-electron chi connectivity index (χ0n) is 18.1. The van der Waals surface area contributed by atoms with E-state index in [2.05, 4.69) is 54.4 Å². The Bertz CT molecular complexity index is 978. The van der Waals surface area contributed by atoms with Crippen molar-refractivity contribution >= 4 is 22.9 Å². The number of piperidine rings is 1. The maximum Gasteiger partial charge on any atom is 0.245 e. The number of nitrogens with one attached hydrogen (secondary N) is 1. The van der Waals surface area contributed by atoms with Crippen LogP contribution in [0.2, 0.25) is 0 Å². The van der Waals surface area contributed by atoms with Gasteiger partial charge in [0, 0.05) is 51.9 Å². The molecule has 4 heterocycles. The van der Waals surface area contributed by atoms with E-state index in [0.29, 0.717) is 23.9 Å². The lowest BCUT2D eigenvalue weighted by atomic mass is 10.0. The third-order valence-corrected chi connectivity index (χ3v) is 6.53. The zero-order valence-corrected chi connectivity index (χ0v) is 18.1. The van der Waals surface area contributed by atoms with Crippen LogP contribution in [0.15, 0.2) is 35.0 Å². The van der Waals surface area contributed by atoms with E-state index in [4.69, 9.17) is 9.61 Å². The second-order valence-corrected chi connectivity index (χ2v) is 8.33. The normalized spacial score (nSPS) is 19.2. The number of hydrogen-bond donors (Lipinski definition) is 1. The molecular formula is C22H30N8O. The molecule has 9 nitrogen and oxygen atoms in total. The van der Waals surface area contributed by atoms with E-state index in [-0.39, 0.29) is 0 Å². The molecular weight excluding hydrogens is 392 g/mol. The van der Waals surface area contributed by atoms with Gasteiger partial charge in [0.1, 0.15) is 0 Å². The van der Waals surface area contributed by atoms with Crippen LogP contribution in [-0.4, -0.2) is 81.9 Å². The molecule has 0 spiro atoms. The molecule has 2 fully saturated rings. The molecule has 9 heteroatoms. The second-order valence-electron chi connectivity index (χ2n) is 8.33. The summed E-state index contributed by atoms with van der Waals surface area (Å²) in [6.45, 7) is 10.7. The molecule has 2 saturated heterocycles. The van der Waals surface area contributed by atoms with Crippen LogP contribution in [0.25, 0.3) is 11.3 Å². The van der Waals surface area contributed by atoms with Gasteiger partial charge in [-0.15, -0.1) is 0 Å². The number of benzene rings is 1. The monoisotopic (exact) mass is 422 g/mol. The van der Waals surface area contributed by atoms with Crippen molar-refractivity contribution in [3.8, 4) is 0 Å². The Morgan fingerprint density at radius 1 is 0.935 bits per heavy atom. The van der Waals surface area contributed by atoms with E-state index in [0.717, 1.165) is 44.1 Å². The zero-order chi connectivity index (χ0) is 21.0. The number of rotatable bonds is 6. The summed E-state index contributed by atoms with van der Waals surface area (Å²) in [5.41, 5.74) is 2.08. The van der Waals surface area contributed by atoms with Crippen LogP contribution < -0.4 is 10.2 Å². The fraction of sp³-hybridized carbons (Fsp3) is 0.545. The molecule has 2 aromatic heterocycles. The third kappa shape index (κ3) is 4.47. The number of fused-ring (bicyclic) bond motifs is 1. The first-order valence-electron chi connectivity index (χ1n) is 11.3. The summed E-state index contributed by atoms with van der Waals surface area (Å²) in [7, 11) is 0. The molecule has 1 N–H and O–H groups in total. The maximum absolute atomic E-state index is 4.86. The van der Waals surface area contributed by atoms with Crippen LogP contribution in [0.5, 0.6) is 0 Å². The van der Waals surface area contributed by atoms with Gasteiger partial charge >= 0.3 is 0 Å². The van der Waals surface area contributed by atoms with Gasteiger partial charge in [0.2, 0.25) is 11.3 Å². The Kier molecular flexibility index (Phi) is 5.95. The lowest BCUT2D eigenvalue weighted by Crippen LogP contribution is -2.53. The molecule has 1 aromatic carbocycles. The standard InChI is InChI=1S/C22H30N8O/c1-2-28-12-14-29(15-13-28)18-8-10-30(11-9-18)22-21(23-16-17-6-4-3-5-7-17)24-19-20(25-22)27-31-26-19/h3-7,18H,2,8-16H2,1H3,(H,23,24,26). The number of anilines is 2. The van der Waals surface area contributed by atoms with Crippen LogP contribution in [0.1, 0.15) is 25.3 Å². The first-order chi connectivity index (χ1) is 15.3. The molecule has 5 rings (SSSR count). The van der Waals surface area contributed by atoms with Gasteiger partial charge in [-0.3, -0.25) is 4.90 Å². The Labute approximate surface area is 182 Å². The SMILES string of the molecule is CCN1CCN(C2CCN(c3nc4nonc4nc3NCc3ccccc3)CC2)CC1. The van der Waals surface area contributed by atoms with Crippen LogP contribution in [-0.2, 0) is 6.54 Å². The van der Waals surface area contributed by atoms with E-state index in [9.17, 15) is 0 Å². The van der Waals surface area contributed by atoms with Gasteiger partial charge < -0.3 is 15.1 Å². The minimum Gasteiger partial charge on any atom is -0.363 e. The van der Waals surface area contributed by atoms with Crippen LogP contribution in [0.4, 0.5) is 11.6 Å². The number of nitrogens with zero attached hydrogens (tertiary/aromatic N) is 7. The van der Waals surface area contributed by atoms with Crippen LogP contribution >= 0.6 is 0 Å². The molecule has 0 amide bonds. The molecule has 0 saturated carbocycles. The van der Waals surface area contributed by atoms with Gasteiger partial charge in [-0.25, -0.2) is 14.6 Å². The minimum atomic E-state index is 0.433. The molecule has 0 radical (unpaired) electrons. The number of piperazine rings is 1. The van der Waals surface area contributed by atoms with Crippen molar-refractivity contribution in [3.63, 3.8) is 0 Å². The fourth-order valence-corrected chi connectivity index (χ4v) is 4.64. The summed E-state index contributed by atoms with van der Waals surface area (Å²) in [5, 5.41) is 11.2. The maximum atomic E-state index is 4.86. The van der Waals surface area contributed by atoms with Gasteiger partial charge in [-0.05, 0) is 35.3 Å². The molecule has 3 aromatic rings. The largest absolute Gasteiger partial charge is 0.363 e. The lowest BCUT2D eigenvalue weighted by molar-refractivity contribution is 0.0878. The molecule has 2 aliphatic rings. The molecule has 0 atom stereocenters. The summed E-state index contributed by atoms with van der Waals surface area (Å²) in [6, 6.07) is 11.0. The summed E-state index contributed by atoms with van der Waals surface area (Å²) >= 11 is 0. The summed E-state index contributed by atoms with van der Waals surface area (Å²) in [5.74, 6) is 1.58. The van der Waals surface area contributed by atoms with Crippen molar-refractivity contribution in [1.82, 2.24) is 30.1 Å². The van der Waals surface area contributed by atoms with Crippen LogP contribution in [0.3, 0.4) is 0 Å². The van der Waals surface area contributed by atoms with Gasteiger partial charge in [0.15, 0.2) is 11.6 Å². The molecule has 0 bridgehead atoms. The summed E-state index contributed by atoms with van der Waals surface area (Å²) in [4.78, 5) is 16.9. The first-order valence-corrected chi connectivity index (χ1v) is 11.3. The molecule has 0 unspecified atom stereocenters. The highest BCUT2D eigenvalue weighted by Gasteiger charge is 2.29. The van der Waals surface area contributed by atoms with Crippen LogP contribution in [0, 0.1) is 0 Å². The topological polar surface area (TPSA) is 86.5 Å². The highest BCUT2D eigenvalue weighted by atomic mass is 16.6. The van der Waals surface area contributed by atoms with Crippen molar-refractivity contribution < 1.29 is 4.63 Å². The third-order valence-electron chi connectivity index (χ3n) is 6.53. The van der Waals surface area contributed by atoms with Gasteiger partial charge in [0.05, 0.1) is 0 Å². The smallest absolute Gasteiger partial charge is 0.245 e. The van der Waals surface area contributed by atoms with E-state index in [1.165, 1.54) is 31.7 Å². The van der Waals surface area contributed by atoms with E-state index < -0.39 is 0 Å².